The normalized spacial score (nSPS) is 10.7. The number of aryl methyl sites for hydroxylation is 2. The summed E-state index contributed by atoms with van der Waals surface area (Å²) >= 11 is 9.37. The monoisotopic (exact) mass is 328 g/mol. The van der Waals surface area contributed by atoms with Crippen molar-refractivity contribution in [2.75, 3.05) is 0 Å². The molecule has 2 rings (SSSR count). The summed E-state index contributed by atoms with van der Waals surface area (Å²) in [5.41, 5.74) is 2.02. The minimum Gasteiger partial charge on any atom is -0.487 e. The highest BCUT2D eigenvalue weighted by Gasteiger charge is 2.12. The van der Waals surface area contributed by atoms with Crippen LogP contribution >= 0.6 is 27.5 Å². The first-order valence-corrected chi connectivity index (χ1v) is 6.89. The van der Waals surface area contributed by atoms with E-state index in [1.165, 1.54) is 0 Å². The smallest absolute Gasteiger partial charge is 0.131 e. The van der Waals surface area contributed by atoms with Crippen molar-refractivity contribution in [3.63, 3.8) is 0 Å². The van der Waals surface area contributed by atoms with E-state index in [0.29, 0.717) is 11.6 Å². The molecule has 0 amide bonds. The molecule has 1 aromatic heterocycles. The highest BCUT2D eigenvalue weighted by molar-refractivity contribution is 9.10. The second-order valence-electron chi connectivity index (χ2n) is 3.90. The first-order chi connectivity index (χ1) is 8.61. The molecule has 1 aromatic carbocycles. The molecular formula is C13H14BrClN2O. The summed E-state index contributed by atoms with van der Waals surface area (Å²) in [7, 11) is 0. The van der Waals surface area contributed by atoms with Gasteiger partial charge in [0.15, 0.2) is 0 Å². The predicted molar refractivity (Wildman–Crippen MR) is 76.1 cm³/mol. The molecule has 0 saturated carbocycles. The lowest BCUT2D eigenvalue weighted by atomic mass is 10.3. The van der Waals surface area contributed by atoms with Gasteiger partial charge in [-0.2, -0.15) is 5.10 Å². The second kappa shape index (κ2) is 5.76. The minimum absolute atomic E-state index is 0.483. The summed E-state index contributed by atoms with van der Waals surface area (Å²) in [6.07, 6.45) is 0. The van der Waals surface area contributed by atoms with Gasteiger partial charge in [-0.1, -0.05) is 11.6 Å². The third kappa shape index (κ3) is 2.87. The average Bonchev–Trinajstić information content (AvgIpc) is 2.65. The number of hydrogen-bond acceptors (Lipinski definition) is 2. The molecular weight excluding hydrogens is 316 g/mol. The van der Waals surface area contributed by atoms with Crippen LogP contribution in [-0.4, -0.2) is 9.78 Å². The van der Waals surface area contributed by atoms with E-state index in [2.05, 4.69) is 28.0 Å². The molecule has 0 aliphatic carbocycles. The molecule has 2 aromatic rings. The lowest BCUT2D eigenvalue weighted by Gasteiger charge is -2.08. The van der Waals surface area contributed by atoms with E-state index in [4.69, 9.17) is 16.3 Å². The van der Waals surface area contributed by atoms with Gasteiger partial charge in [-0.15, -0.1) is 0 Å². The number of rotatable bonds is 4. The Morgan fingerprint density at radius 1 is 1.33 bits per heavy atom. The Balaban J connectivity index is 2.12. The third-order valence-corrected chi connectivity index (χ3v) is 3.93. The van der Waals surface area contributed by atoms with E-state index >= 15 is 0 Å². The Kier molecular flexibility index (Phi) is 4.30. The zero-order valence-corrected chi connectivity index (χ0v) is 12.6. The van der Waals surface area contributed by atoms with Crippen LogP contribution in [0.1, 0.15) is 18.3 Å². The van der Waals surface area contributed by atoms with Crippen LogP contribution in [0.4, 0.5) is 0 Å². The van der Waals surface area contributed by atoms with Crippen molar-refractivity contribution in [1.82, 2.24) is 9.78 Å². The minimum atomic E-state index is 0.483. The van der Waals surface area contributed by atoms with Crippen molar-refractivity contribution in [2.45, 2.75) is 27.0 Å². The van der Waals surface area contributed by atoms with E-state index in [1.54, 1.807) is 0 Å². The summed E-state index contributed by atoms with van der Waals surface area (Å²) < 4.78 is 8.69. The van der Waals surface area contributed by atoms with Crippen molar-refractivity contribution in [3.8, 4) is 5.75 Å². The zero-order chi connectivity index (χ0) is 13.1. The van der Waals surface area contributed by atoms with Crippen LogP contribution in [0.5, 0.6) is 5.75 Å². The number of aromatic nitrogens is 2. The van der Waals surface area contributed by atoms with Gasteiger partial charge < -0.3 is 4.74 Å². The number of halogens is 2. The quantitative estimate of drug-likeness (QED) is 0.840. The fraction of sp³-hybridized carbons (Fsp3) is 0.308. The molecule has 0 N–H and O–H groups in total. The number of nitrogens with zero attached hydrogens (tertiary/aromatic N) is 2. The molecule has 0 spiro atoms. The molecule has 0 saturated heterocycles. The van der Waals surface area contributed by atoms with Crippen molar-refractivity contribution in [1.29, 1.82) is 0 Å². The summed E-state index contributed by atoms with van der Waals surface area (Å²) in [5, 5.41) is 5.13. The standard InChI is InChI=1S/C13H14BrClN2O/c1-3-17-12(13(14)9(2)16-17)8-18-11-6-4-10(15)5-7-11/h4-7H,3,8H2,1-2H3. The van der Waals surface area contributed by atoms with Crippen molar-refractivity contribution in [3.05, 3.63) is 45.1 Å². The molecule has 5 heteroatoms. The molecule has 0 aliphatic rings. The van der Waals surface area contributed by atoms with Crippen LogP contribution in [0.25, 0.3) is 0 Å². The van der Waals surface area contributed by atoms with E-state index in [1.807, 2.05) is 35.9 Å². The fourth-order valence-electron chi connectivity index (χ4n) is 1.69. The zero-order valence-electron chi connectivity index (χ0n) is 10.3. The molecule has 96 valence electrons. The number of benzene rings is 1. The van der Waals surface area contributed by atoms with E-state index in [0.717, 1.165) is 28.2 Å². The molecule has 1 heterocycles. The Morgan fingerprint density at radius 2 is 2.00 bits per heavy atom. The summed E-state index contributed by atoms with van der Waals surface area (Å²) in [6, 6.07) is 7.34. The van der Waals surface area contributed by atoms with Crippen molar-refractivity contribution < 1.29 is 4.74 Å². The van der Waals surface area contributed by atoms with Crippen LogP contribution in [0.3, 0.4) is 0 Å². The topological polar surface area (TPSA) is 27.1 Å². The van der Waals surface area contributed by atoms with E-state index in [-0.39, 0.29) is 0 Å². The third-order valence-electron chi connectivity index (χ3n) is 2.64. The van der Waals surface area contributed by atoms with Gasteiger partial charge in [0.2, 0.25) is 0 Å². The first kappa shape index (κ1) is 13.4. The Bertz CT molecular complexity index is 537. The van der Waals surface area contributed by atoms with Gasteiger partial charge >= 0.3 is 0 Å². The van der Waals surface area contributed by atoms with Gasteiger partial charge in [0, 0.05) is 11.6 Å². The molecule has 0 radical (unpaired) electrons. The summed E-state index contributed by atoms with van der Waals surface area (Å²) in [6.45, 7) is 5.34. The maximum Gasteiger partial charge on any atom is 0.131 e. The SMILES string of the molecule is CCn1nc(C)c(Br)c1COc1ccc(Cl)cc1. The molecule has 3 nitrogen and oxygen atoms in total. The maximum absolute atomic E-state index is 5.83. The molecule has 0 atom stereocenters. The van der Waals surface area contributed by atoms with Gasteiger partial charge in [-0.3, -0.25) is 4.68 Å². The Morgan fingerprint density at radius 3 is 2.61 bits per heavy atom. The van der Waals surface area contributed by atoms with E-state index < -0.39 is 0 Å². The Labute approximate surface area is 120 Å². The first-order valence-electron chi connectivity index (χ1n) is 5.72. The largest absolute Gasteiger partial charge is 0.487 e. The van der Waals surface area contributed by atoms with Crippen LogP contribution in [0.2, 0.25) is 5.02 Å². The van der Waals surface area contributed by atoms with Gasteiger partial charge in [0.05, 0.1) is 15.9 Å². The van der Waals surface area contributed by atoms with Crippen LogP contribution in [0.15, 0.2) is 28.7 Å². The van der Waals surface area contributed by atoms with Gasteiger partial charge in [-0.25, -0.2) is 0 Å². The number of hydrogen-bond donors (Lipinski definition) is 0. The van der Waals surface area contributed by atoms with E-state index in [9.17, 15) is 0 Å². The van der Waals surface area contributed by atoms with Crippen LogP contribution in [-0.2, 0) is 13.2 Å². The highest BCUT2D eigenvalue weighted by atomic mass is 79.9. The molecule has 0 aliphatic heterocycles. The maximum atomic E-state index is 5.83. The van der Waals surface area contributed by atoms with Gasteiger partial charge in [0.1, 0.15) is 12.4 Å². The van der Waals surface area contributed by atoms with Crippen molar-refractivity contribution >= 4 is 27.5 Å². The Hall–Kier alpha value is -1.00. The van der Waals surface area contributed by atoms with Gasteiger partial charge in [-0.05, 0) is 54.0 Å². The highest BCUT2D eigenvalue weighted by Crippen LogP contribution is 2.23. The molecule has 0 fully saturated rings. The fourth-order valence-corrected chi connectivity index (χ4v) is 2.21. The average molecular weight is 330 g/mol. The molecule has 18 heavy (non-hydrogen) atoms. The number of ether oxygens (including phenoxy) is 1. The summed E-state index contributed by atoms with van der Waals surface area (Å²) in [4.78, 5) is 0. The van der Waals surface area contributed by atoms with Crippen molar-refractivity contribution in [2.24, 2.45) is 0 Å². The van der Waals surface area contributed by atoms with Crippen LogP contribution in [0, 0.1) is 6.92 Å². The lowest BCUT2D eigenvalue weighted by molar-refractivity contribution is 0.291. The molecule has 0 unspecified atom stereocenters. The molecule has 0 bridgehead atoms. The van der Waals surface area contributed by atoms with Gasteiger partial charge in [0.25, 0.3) is 0 Å². The predicted octanol–water partition coefficient (Wildman–Crippen LogP) is 4.21. The second-order valence-corrected chi connectivity index (χ2v) is 5.13. The lowest BCUT2D eigenvalue weighted by Crippen LogP contribution is -2.06. The van der Waals surface area contributed by atoms with Crippen LogP contribution < -0.4 is 4.74 Å². The summed E-state index contributed by atoms with van der Waals surface area (Å²) in [5.74, 6) is 0.799.